The fourth-order valence-corrected chi connectivity index (χ4v) is 2.78. The molecule has 0 amide bonds. The summed E-state index contributed by atoms with van der Waals surface area (Å²) in [6.07, 6.45) is 0. The molecule has 0 atom stereocenters. The van der Waals surface area contributed by atoms with Gasteiger partial charge in [0.1, 0.15) is 4.90 Å². The van der Waals surface area contributed by atoms with Gasteiger partial charge >= 0.3 is 26.2 Å². The molecule has 1 aromatic rings. The van der Waals surface area contributed by atoms with Gasteiger partial charge in [-0.05, 0) is 13.7 Å². The topological polar surface area (TPSA) is 204 Å². The Morgan fingerprint density at radius 3 is 1.55 bits per heavy atom. The Bertz CT molecular complexity index is 623. The van der Waals surface area contributed by atoms with Gasteiger partial charge in [-0.3, -0.25) is 4.55 Å². The van der Waals surface area contributed by atoms with Crippen LogP contribution in [0.3, 0.4) is 0 Å². The zero-order chi connectivity index (χ0) is 15.5. The molecule has 0 unspecified atom stereocenters. The first-order valence-corrected chi connectivity index (χ1v) is 8.49. The first-order valence-electron chi connectivity index (χ1n) is 4.05. The van der Waals surface area contributed by atoms with E-state index in [1.54, 1.807) is 0 Å². The standard InChI is InChI=1S/C6H7O6PS.H3O4P.Zr/c7-13(8,9)5-3-1-2-4-6(5)14(10,11)12;1-5(2,3)4;/h1-4H,(H2,7,8,9)(H,10,11,12);(H3,1,2,3,4);/q;;+2/p-5. The zero-order valence-electron chi connectivity index (χ0n) is 9.23. The Kier molecular flexibility index (Phi) is 9.08. The zero-order valence-corrected chi connectivity index (χ0v) is 14.3. The molecule has 0 aliphatic heterocycles. The summed E-state index contributed by atoms with van der Waals surface area (Å²) in [6.45, 7) is 0. The number of rotatable bonds is 2. The van der Waals surface area contributed by atoms with E-state index in [-0.39, 0.29) is 26.2 Å². The molecule has 0 saturated heterocycles. The molecule has 1 aromatic carbocycles. The van der Waals surface area contributed by atoms with Crippen LogP contribution < -0.4 is 29.8 Å². The number of hydrogen-bond acceptors (Lipinski definition) is 9. The second-order valence-corrected chi connectivity index (χ2v) is 6.65. The molecule has 10 nitrogen and oxygen atoms in total. The van der Waals surface area contributed by atoms with Crippen LogP contribution in [0.1, 0.15) is 0 Å². The maximum atomic E-state index is 10.7. The van der Waals surface area contributed by atoms with Crippen molar-refractivity contribution >= 4 is 30.8 Å². The van der Waals surface area contributed by atoms with Crippen LogP contribution in [-0.4, -0.2) is 13.0 Å². The van der Waals surface area contributed by atoms with Crippen molar-refractivity contribution in [3.8, 4) is 0 Å². The molecule has 1 N–H and O–H groups in total. The van der Waals surface area contributed by atoms with E-state index in [9.17, 15) is 22.8 Å². The van der Waals surface area contributed by atoms with Crippen molar-refractivity contribution in [2.45, 2.75) is 4.90 Å². The molecule has 112 valence electrons. The summed E-state index contributed by atoms with van der Waals surface area (Å²) in [5.41, 5.74) is 0. The van der Waals surface area contributed by atoms with Crippen molar-refractivity contribution in [1.82, 2.24) is 0 Å². The average Bonchev–Trinajstić information content (AvgIpc) is 2.12. The van der Waals surface area contributed by atoms with Crippen LogP contribution >= 0.6 is 15.4 Å². The number of hydrogen-bond donors (Lipinski definition) is 1. The first-order chi connectivity index (χ1) is 8.23. The van der Waals surface area contributed by atoms with Crippen LogP contribution in [-0.2, 0) is 45.5 Å². The monoisotopic (exact) mass is 421 g/mol. The minimum Gasteiger partial charge on any atom is -0.822 e. The third-order valence-electron chi connectivity index (χ3n) is 1.44. The van der Waals surface area contributed by atoms with Gasteiger partial charge in [0.25, 0.3) is 10.1 Å². The van der Waals surface area contributed by atoms with Gasteiger partial charge in [-0.1, -0.05) is 18.2 Å². The third kappa shape index (κ3) is 10.1. The Balaban J connectivity index is 0. The van der Waals surface area contributed by atoms with Gasteiger partial charge in [-0.15, -0.1) is 0 Å². The van der Waals surface area contributed by atoms with Crippen LogP contribution in [0.2, 0.25) is 0 Å². The SMILES string of the molecule is O=P([O-])([O-])[O-].O=P([O-])([O-])c1ccccc1S(=O)(=O)O.[Zr+2]. The van der Waals surface area contributed by atoms with Crippen LogP contribution in [0.4, 0.5) is 0 Å². The maximum Gasteiger partial charge on any atom is 2.00 e. The van der Waals surface area contributed by atoms with Gasteiger partial charge in [-0.2, -0.15) is 16.2 Å². The van der Waals surface area contributed by atoms with Crippen molar-refractivity contribution in [3.63, 3.8) is 0 Å². The summed E-state index contributed by atoms with van der Waals surface area (Å²) < 4.78 is 49.1. The van der Waals surface area contributed by atoms with Crippen LogP contribution in [0, 0.1) is 0 Å². The van der Waals surface area contributed by atoms with E-state index in [1.807, 2.05) is 0 Å². The molecule has 0 spiro atoms. The minimum atomic E-state index is -5.39. The fourth-order valence-electron chi connectivity index (χ4n) is 0.902. The molecule has 0 aliphatic rings. The first kappa shape index (κ1) is 22.6. The van der Waals surface area contributed by atoms with E-state index >= 15 is 0 Å². The molecule has 14 heteroatoms. The maximum absolute atomic E-state index is 10.7. The molecule has 20 heavy (non-hydrogen) atoms. The fraction of sp³-hybridized carbons (Fsp3) is 0. The summed E-state index contributed by atoms with van der Waals surface area (Å²) in [7, 11) is -15.3. The predicted octanol–water partition coefficient (Wildman–Crippen LogP) is -4.35. The van der Waals surface area contributed by atoms with Gasteiger partial charge in [-0.25, -0.2) is 0 Å². The molecule has 0 aromatic heterocycles. The van der Waals surface area contributed by atoms with E-state index in [0.29, 0.717) is 0 Å². The second kappa shape index (κ2) is 8.05. The summed E-state index contributed by atoms with van der Waals surface area (Å²) in [5, 5.41) is -0.928. The van der Waals surface area contributed by atoms with Gasteiger partial charge in [0.05, 0.1) is 0 Å². The van der Waals surface area contributed by atoms with Gasteiger partial charge in [0.15, 0.2) is 0 Å². The number of phosphoric acid groups is 1. The Labute approximate surface area is 132 Å². The van der Waals surface area contributed by atoms with Crippen molar-refractivity contribution in [2.75, 3.05) is 0 Å². The molecule has 0 aliphatic carbocycles. The van der Waals surface area contributed by atoms with Crippen LogP contribution in [0.25, 0.3) is 0 Å². The molecule has 0 heterocycles. The Morgan fingerprint density at radius 2 is 1.30 bits per heavy atom. The molecule has 0 bridgehead atoms. The largest absolute Gasteiger partial charge is 2.00 e. The van der Waals surface area contributed by atoms with E-state index < -0.39 is 35.7 Å². The minimum absolute atomic E-state index is 0. The van der Waals surface area contributed by atoms with E-state index in [0.717, 1.165) is 12.1 Å². The molecule has 0 radical (unpaired) electrons. The van der Waals surface area contributed by atoms with Gasteiger partial charge < -0.3 is 33.6 Å². The second-order valence-electron chi connectivity index (χ2n) is 2.89. The summed E-state index contributed by atoms with van der Waals surface area (Å²) >= 11 is 0. The molecule has 0 saturated carbocycles. The number of benzene rings is 1. The summed E-state index contributed by atoms with van der Waals surface area (Å²) in [5.74, 6) is 0. The quantitative estimate of drug-likeness (QED) is 0.358. The molecule has 0 fully saturated rings. The molecular weight excluding hydrogens is 417 g/mol. The third-order valence-corrected chi connectivity index (χ3v) is 3.48. The van der Waals surface area contributed by atoms with Crippen molar-refractivity contribution in [2.24, 2.45) is 0 Å². The van der Waals surface area contributed by atoms with Crippen molar-refractivity contribution in [3.05, 3.63) is 24.3 Å². The van der Waals surface area contributed by atoms with E-state index in [1.165, 1.54) is 12.1 Å². The normalized spacial score (nSPS) is 11.9. The van der Waals surface area contributed by atoms with Crippen molar-refractivity contribution < 1.29 is 72.8 Å². The van der Waals surface area contributed by atoms with E-state index in [2.05, 4.69) is 0 Å². The Morgan fingerprint density at radius 1 is 0.950 bits per heavy atom. The summed E-state index contributed by atoms with van der Waals surface area (Å²) in [6, 6.07) is 4.05. The van der Waals surface area contributed by atoms with Gasteiger partial charge in [0, 0.05) is 5.30 Å². The molecule has 1 rings (SSSR count). The molecular formula is C6H5O10P2SZr-3. The Hall–Kier alpha value is 0.273. The van der Waals surface area contributed by atoms with E-state index in [4.69, 9.17) is 23.8 Å². The van der Waals surface area contributed by atoms with Crippen molar-refractivity contribution in [1.29, 1.82) is 0 Å². The van der Waals surface area contributed by atoms with Gasteiger partial charge in [0.2, 0.25) is 0 Å². The smallest absolute Gasteiger partial charge is 0.822 e. The average molecular weight is 422 g/mol. The van der Waals surface area contributed by atoms with Crippen LogP contribution in [0.15, 0.2) is 29.2 Å². The predicted molar refractivity (Wildman–Crippen MR) is 51.1 cm³/mol. The summed E-state index contributed by atoms with van der Waals surface area (Å²) in [4.78, 5) is 45.9. The van der Waals surface area contributed by atoms with Crippen LogP contribution in [0.5, 0.6) is 0 Å².